The highest BCUT2D eigenvalue weighted by atomic mass is 35.7. The Bertz CT molecular complexity index is 260. The van der Waals surface area contributed by atoms with Crippen molar-refractivity contribution in [3.63, 3.8) is 0 Å². The molecule has 0 aliphatic heterocycles. The van der Waals surface area contributed by atoms with Crippen LogP contribution in [0.4, 0.5) is 0 Å². The smallest absolute Gasteiger partial charge is 0.260 e. The Morgan fingerprint density at radius 3 is 1.91 bits per heavy atom. The van der Waals surface area contributed by atoms with E-state index in [4.69, 9.17) is 33.9 Å². The van der Waals surface area contributed by atoms with Gasteiger partial charge in [0.1, 0.15) is 0 Å². The summed E-state index contributed by atoms with van der Waals surface area (Å²) >= 11 is 10.3. The van der Waals surface area contributed by atoms with Gasteiger partial charge < -0.3 is 0 Å². The van der Waals surface area contributed by atoms with E-state index in [1.165, 1.54) is 6.92 Å². The van der Waals surface area contributed by atoms with E-state index in [2.05, 4.69) is 0 Å². The van der Waals surface area contributed by atoms with Crippen LogP contribution in [0.2, 0.25) is 0 Å². The third kappa shape index (κ3) is 2.21. The van der Waals surface area contributed by atoms with Gasteiger partial charge >= 0.3 is 0 Å². The predicted molar refractivity (Wildman–Crippen MR) is 44.5 cm³/mol. The van der Waals surface area contributed by atoms with Crippen molar-refractivity contribution in [1.82, 2.24) is 0 Å². The molecule has 0 aliphatic carbocycles. The van der Waals surface area contributed by atoms with Crippen molar-refractivity contribution in [2.45, 2.75) is 17.6 Å². The standard InChI is InChI=1S/C4H5Cl3O3S/c1-2-4(6,3(5)8)11(7,9)10/h2H2,1H3. The average Bonchev–Trinajstić information content (AvgIpc) is 1.83. The van der Waals surface area contributed by atoms with E-state index in [1.807, 2.05) is 0 Å². The Morgan fingerprint density at radius 1 is 1.55 bits per heavy atom. The van der Waals surface area contributed by atoms with Crippen LogP contribution in [0, 0.1) is 0 Å². The van der Waals surface area contributed by atoms with Crippen molar-refractivity contribution in [3.05, 3.63) is 0 Å². The maximum absolute atomic E-state index is 10.7. The number of carbonyl (C=O) groups is 1. The lowest BCUT2D eigenvalue weighted by Gasteiger charge is -2.15. The van der Waals surface area contributed by atoms with Crippen LogP contribution in [0.3, 0.4) is 0 Å². The first-order chi connectivity index (χ1) is 4.75. The molecule has 66 valence electrons. The number of hydrogen-bond donors (Lipinski definition) is 0. The van der Waals surface area contributed by atoms with E-state index < -0.39 is 18.5 Å². The maximum Gasteiger partial charge on any atom is 0.260 e. The zero-order valence-corrected chi connectivity index (χ0v) is 8.56. The van der Waals surface area contributed by atoms with Crippen LogP contribution >= 0.6 is 33.9 Å². The zero-order valence-electron chi connectivity index (χ0n) is 5.47. The average molecular weight is 240 g/mol. The molecule has 0 N–H and O–H groups in total. The summed E-state index contributed by atoms with van der Waals surface area (Å²) in [6.45, 7) is 1.40. The van der Waals surface area contributed by atoms with Gasteiger partial charge in [0.2, 0.25) is 4.21 Å². The van der Waals surface area contributed by atoms with Gasteiger partial charge in [-0.05, 0) is 18.0 Å². The van der Waals surface area contributed by atoms with Crippen LogP contribution in [-0.4, -0.2) is 17.9 Å². The Morgan fingerprint density at radius 2 is 1.91 bits per heavy atom. The summed E-state index contributed by atoms with van der Waals surface area (Å²) in [5.74, 6) is 0. The molecule has 0 heterocycles. The molecule has 0 saturated carbocycles. The van der Waals surface area contributed by atoms with Crippen LogP contribution in [0.15, 0.2) is 0 Å². The van der Waals surface area contributed by atoms with Crippen molar-refractivity contribution in [2.75, 3.05) is 0 Å². The van der Waals surface area contributed by atoms with Gasteiger partial charge in [0.15, 0.2) is 0 Å². The van der Waals surface area contributed by atoms with Gasteiger partial charge in [0.25, 0.3) is 14.3 Å². The van der Waals surface area contributed by atoms with Crippen LogP contribution in [-0.2, 0) is 13.8 Å². The number of rotatable bonds is 3. The number of carbonyl (C=O) groups excluding carboxylic acids is 1. The summed E-state index contributed by atoms with van der Waals surface area (Å²) < 4.78 is 19.1. The van der Waals surface area contributed by atoms with Crippen LogP contribution in [0.25, 0.3) is 0 Å². The summed E-state index contributed by atoms with van der Waals surface area (Å²) in [4.78, 5) is 10.5. The van der Waals surface area contributed by atoms with Crippen LogP contribution < -0.4 is 0 Å². The topological polar surface area (TPSA) is 51.2 Å². The lowest BCUT2D eigenvalue weighted by Crippen LogP contribution is -2.34. The monoisotopic (exact) mass is 238 g/mol. The fraction of sp³-hybridized carbons (Fsp3) is 0.750. The molecule has 1 unspecified atom stereocenters. The summed E-state index contributed by atoms with van der Waals surface area (Å²) in [5, 5.41) is -1.18. The highest BCUT2D eigenvalue weighted by Gasteiger charge is 2.45. The molecular weight excluding hydrogens is 234 g/mol. The third-order valence-corrected chi connectivity index (χ3v) is 4.99. The molecule has 0 aliphatic rings. The lowest BCUT2D eigenvalue weighted by molar-refractivity contribution is -0.112. The molecule has 0 amide bonds. The Balaban J connectivity index is 5.09. The van der Waals surface area contributed by atoms with Crippen molar-refractivity contribution < 1.29 is 13.2 Å². The molecule has 0 aromatic carbocycles. The number of hydrogen-bond acceptors (Lipinski definition) is 3. The largest absolute Gasteiger partial charge is 0.278 e. The minimum atomic E-state index is -4.16. The SMILES string of the molecule is CCC(Cl)(C(=O)Cl)S(=O)(=O)Cl. The normalized spacial score (nSPS) is 17.5. The molecule has 0 aromatic heterocycles. The van der Waals surface area contributed by atoms with Gasteiger partial charge in [0.05, 0.1) is 0 Å². The molecule has 0 aromatic rings. The molecule has 0 fully saturated rings. The second-order valence-electron chi connectivity index (χ2n) is 1.79. The van der Waals surface area contributed by atoms with Gasteiger partial charge in [-0.25, -0.2) is 8.42 Å². The van der Waals surface area contributed by atoms with Crippen molar-refractivity contribution in [1.29, 1.82) is 0 Å². The minimum Gasteiger partial charge on any atom is -0.278 e. The fourth-order valence-electron chi connectivity index (χ4n) is 0.407. The van der Waals surface area contributed by atoms with E-state index in [-0.39, 0.29) is 6.42 Å². The predicted octanol–water partition coefficient (Wildman–Crippen LogP) is 1.67. The van der Waals surface area contributed by atoms with Crippen molar-refractivity contribution >= 4 is 48.2 Å². The first-order valence-electron chi connectivity index (χ1n) is 2.58. The minimum absolute atomic E-state index is 0.164. The molecule has 11 heavy (non-hydrogen) atoms. The molecule has 0 spiro atoms. The molecule has 3 nitrogen and oxygen atoms in total. The third-order valence-electron chi connectivity index (χ3n) is 1.13. The number of halogens is 3. The van der Waals surface area contributed by atoms with E-state index in [9.17, 15) is 13.2 Å². The van der Waals surface area contributed by atoms with E-state index in [0.29, 0.717) is 0 Å². The van der Waals surface area contributed by atoms with E-state index in [0.717, 1.165) is 0 Å². The molecule has 0 saturated heterocycles. The highest BCUT2D eigenvalue weighted by Crippen LogP contribution is 2.32. The van der Waals surface area contributed by atoms with Crippen LogP contribution in [0.1, 0.15) is 13.3 Å². The molecule has 0 rings (SSSR count). The van der Waals surface area contributed by atoms with Gasteiger partial charge in [0, 0.05) is 10.7 Å². The second-order valence-corrected chi connectivity index (χ2v) is 5.80. The second kappa shape index (κ2) is 3.47. The van der Waals surface area contributed by atoms with Gasteiger partial charge in [-0.3, -0.25) is 4.79 Å². The van der Waals surface area contributed by atoms with Crippen LogP contribution in [0.5, 0.6) is 0 Å². The first-order valence-corrected chi connectivity index (χ1v) is 5.65. The summed E-state index contributed by atoms with van der Waals surface area (Å²) in [7, 11) is 0.713. The molecule has 1 atom stereocenters. The highest BCUT2D eigenvalue weighted by molar-refractivity contribution is 8.16. The maximum atomic E-state index is 10.7. The number of alkyl halides is 1. The molecular formula is C4H5Cl3O3S. The van der Waals surface area contributed by atoms with Gasteiger partial charge in [-0.1, -0.05) is 18.5 Å². The first kappa shape index (κ1) is 11.5. The van der Waals surface area contributed by atoms with E-state index >= 15 is 0 Å². The zero-order chi connectivity index (χ0) is 9.28. The summed E-state index contributed by atoms with van der Waals surface area (Å²) in [6.07, 6.45) is -0.164. The fourth-order valence-corrected chi connectivity index (χ4v) is 2.04. The van der Waals surface area contributed by atoms with Gasteiger partial charge in [-0.2, -0.15) is 0 Å². The summed E-state index contributed by atoms with van der Waals surface area (Å²) in [6, 6.07) is 0. The Kier molecular flexibility index (Phi) is 3.63. The molecule has 0 bridgehead atoms. The Hall–Kier alpha value is 0.490. The molecule has 7 heteroatoms. The molecule has 0 radical (unpaired) electrons. The Labute approximate surface area is 79.0 Å². The quantitative estimate of drug-likeness (QED) is 0.556. The summed E-state index contributed by atoms with van der Waals surface area (Å²) in [5.41, 5.74) is 0. The van der Waals surface area contributed by atoms with Gasteiger partial charge in [-0.15, -0.1) is 0 Å². The van der Waals surface area contributed by atoms with Crippen molar-refractivity contribution in [2.24, 2.45) is 0 Å². The lowest BCUT2D eigenvalue weighted by atomic mass is 10.3. The van der Waals surface area contributed by atoms with E-state index in [1.54, 1.807) is 0 Å². The van der Waals surface area contributed by atoms with Crippen molar-refractivity contribution in [3.8, 4) is 0 Å².